The topological polar surface area (TPSA) is 52.5 Å². The van der Waals surface area contributed by atoms with Gasteiger partial charge < -0.3 is 15.5 Å². The highest BCUT2D eigenvalue weighted by atomic mass is 16.3. The highest BCUT2D eigenvalue weighted by Gasteiger charge is 2.11. The number of hydrogen-bond donors (Lipinski definition) is 3. The summed E-state index contributed by atoms with van der Waals surface area (Å²) in [5.74, 6) is 0. The maximum atomic E-state index is 9.41. The Bertz CT molecular complexity index is 477. The smallest absolute Gasteiger partial charge is 0.0805 e. The lowest BCUT2D eigenvalue weighted by Gasteiger charge is -2.20. The van der Waals surface area contributed by atoms with E-state index in [2.05, 4.69) is 11.4 Å². The molecule has 0 aliphatic heterocycles. The third-order valence-electron chi connectivity index (χ3n) is 2.99. The highest BCUT2D eigenvalue weighted by Crippen LogP contribution is 2.18. The number of benzene rings is 1. The summed E-state index contributed by atoms with van der Waals surface area (Å²) < 4.78 is 0. The van der Waals surface area contributed by atoms with E-state index in [9.17, 15) is 5.11 Å². The number of aliphatic hydroxyl groups excluding tert-OH is 2. The predicted molar refractivity (Wildman–Crippen MR) is 77.9 cm³/mol. The number of hydrogen-bond acceptors (Lipinski definition) is 3. The Morgan fingerprint density at radius 2 is 2.00 bits per heavy atom. The van der Waals surface area contributed by atoms with Crippen LogP contribution in [-0.2, 0) is 0 Å². The van der Waals surface area contributed by atoms with Crippen LogP contribution in [0.1, 0.15) is 6.42 Å². The Hall–Kier alpha value is -1.84. The average molecular weight is 257 g/mol. The van der Waals surface area contributed by atoms with E-state index in [1.54, 1.807) is 0 Å². The zero-order valence-electron chi connectivity index (χ0n) is 10.7. The van der Waals surface area contributed by atoms with Crippen LogP contribution in [0.15, 0.2) is 66.3 Å². The van der Waals surface area contributed by atoms with E-state index in [1.165, 1.54) is 0 Å². The summed E-state index contributed by atoms with van der Waals surface area (Å²) in [6, 6.07) is 10.1. The molecular weight excluding hydrogens is 238 g/mol. The molecule has 0 spiro atoms. The quantitative estimate of drug-likeness (QED) is 0.758. The van der Waals surface area contributed by atoms with Crippen molar-refractivity contribution in [1.82, 2.24) is 0 Å². The molecule has 1 aliphatic carbocycles. The van der Waals surface area contributed by atoms with Crippen molar-refractivity contribution in [2.24, 2.45) is 0 Å². The molecule has 0 heterocycles. The molecule has 3 N–H and O–H groups in total. The zero-order chi connectivity index (χ0) is 13.5. The first-order valence-electron chi connectivity index (χ1n) is 6.45. The first kappa shape index (κ1) is 13.6. The van der Waals surface area contributed by atoms with E-state index in [0.29, 0.717) is 6.42 Å². The Morgan fingerprint density at radius 3 is 2.74 bits per heavy atom. The van der Waals surface area contributed by atoms with Gasteiger partial charge in [0.1, 0.15) is 0 Å². The second-order valence-corrected chi connectivity index (χ2v) is 4.51. The minimum Gasteiger partial charge on any atom is -0.394 e. The van der Waals surface area contributed by atoms with Gasteiger partial charge in [0, 0.05) is 5.69 Å². The van der Waals surface area contributed by atoms with E-state index in [4.69, 9.17) is 5.11 Å². The first-order valence-corrected chi connectivity index (χ1v) is 6.45. The van der Waals surface area contributed by atoms with Crippen molar-refractivity contribution in [3.05, 3.63) is 66.3 Å². The van der Waals surface area contributed by atoms with E-state index in [-0.39, 0.29) is 12.6 Å². The van der Waals surface area contributed by atoms with Crippen LogP contribution in [0.2, 0.25) is 0 Å². The number of aliphatic hydroxyl groups is 2. The monoisotopic (exact) mass is 257 g/mol. The van der Waals surface area contributed by atoms with Crippen LogP contribution in [0.4, 0.5) is 5.69 Å². The summed E-state index contributed by atoms with van der Waals surface area (Å²) >= 11 is 0. The molecule has 2 rings (SSSR count). The molecular formula is C16H19NO2. The molecule has 0 amide bonds. The molecule has 0 bridgehead atoms. The summed E-state index contributed by atoms with van der Waals surface area (Å²) in [6.07, 6.45) is 9.79. The standard InChI is InChI=1S/C16H19NO2/c18-12-15(19)11-10-13-6-4-5-9-16(13)17-14-7-2-1-3-8-14/h1-10,15-19H,11-12H2. The van der Waals surface area contributed by atoms with Crippen LogP contribution in [-0.4, -0.2) is 29.0 Å². The van der Waals surface area contributed by atoms with Crippen molar-refractivity contribution in [2.45, 2.75) is 18.6 Å². The van der Waals surface area contributed by atoms with Crippen molar-refractivity contribution in [2.75, 3.05) is 11.9 Å². The number of anilines is 1. The minimum atomic E-state index is -0.691. The summed E-state index contributed by atoms with van der Waals surface area (Å²) in [5, 5.41) is 21.7. The molecule has 0 radical (unpaired) electrons. The van der Waals surface area contributed by atoms with E-state index in [1.807, 2.05) is 54.6 Å². The van der Waals surface area contributed by atoms with Gasteiger partial charge in [0.05, 0.1) is 18.8 Å². The molecule has 1 aromatic rings. The predicted octanol–water partition coefficient (Wildman–Crippen LogP) is 2.26. The largest absolute Gasteiger partial charge is 0.394 e. The third-order valence-corrected chi connectivity index (χ3v) is 2.99. The van der Waals surface area contributed by atoms with Crippen LogP contribution in [0.5, 0.6) is 0 Å². The van der Waals surface area contributed by atoms with Gasteiger partial charge in [-0.2, -0.15) is 0 Å². The fourth-order valence-electron chi connectivity index (χ4n) is 1.94. The molecule has 2 unspecified atom stereocenters. The van der Waals surface area contributed by atoms with Crippen molar-refractivity contribution < 1.29 is 10.2 Å². The van der Waals surface area contributed by atoms with Gasteiger partial charge in [0.15, 0.2) is 0 Å². The van der Waals surface area contributed by atoms with Gasteiger partial charge in [-0.1, -0.05) is 48.6 Å². The number of nitrogens with one attached hydrogen (secondary N) is 1. The number of rotatable bonds is 5. The van der Waals surface area contributed by atoms with Crippen LogP contribution in [0.25, 0.3) is 0 Å². The van der Waals surface area contributed by atoms with Crippen molar-refractivity contribution in [3.63, 3.8) is 0 Å². The minimum absolute atomic E-state index is 0.0956. The second kappa shape index (κ2) is 6.92. The molecule has 2 atom stereocenters. The lowest BCUT2D eigenvalue weighted by molar-refractivity contribution is 0.0974. The van der Waals surface area contributed by atoms with Crippen molar-refractivity contribution in [1.29, 1.82) is 0 Å². The summed E-state index contributed by atoms with van der Waals surface area (Å²) in [7, 11) is 0. The van der Waals surface area contributed by atoms with E-state index >= 15 is 0 Å². The summed E-state index contributed by atoms with van der Waals surface area (Å²) in [5.41, 5.74) is 2.15. The molecule has 1 aliphatic rings. The molecule has 0 aromatic heterocycles. The molecule has 3 heteroatoms. The van der Waals surface area contributed by atoms with Crippen molar-refractivity contribution >= 4 is 5.69 Å². The maximum absolute atomic E-state index is 9.41. The van der Waals surface area contributed by atoms with Gasteiger partial charge in [-0.3, -0.25) is 0 Å². The Kier molecular flexibility index (Phi) is 4.95. The lowest BCUT2D eigenvalue weighted by Crippen LogP contribution is -2.20. The van der Waals surface area contributed by atoms with Gasteiger partial charge in [-0.05, 0) is 24.1 Å². The van der Waals surface area contributed by atoms with Gasteiger partial charge in [0.2, 0.25) is 0 Å². The highest BCUT2D eigenvalue weighted by molar-refractivity contribution is 5.50. The number of allylic oxidation sites excluding steroid dienone is 2. The normalized spacial score (nSPS) is 21.6. The summed E-state index contributed by atoms with van der Waals surface area (Å²) in [6.45, 7) is -0.208. The fourth-order valence-corrected chi connectivity index (χ4v) is 1.94. The van der Waals surface area contributed by atoms with Crippen molar-refractivity contribution in [3.8, 4) is 0 Å². The molecule has 0 saturated heterocycles. The van der Waals surface area contributed by atoms with Gasteiger partial charge in [-0.25, -0.2) is 0 Å². The third kappa shape index (κ3) is 4.09. The first-order chi connectivity index (χ1) is 9.29. The Balaban J connectivity index is 2.05. The Labute approximate surface area is 113 Å². The maximum Gasteiger partial charge on any atom is 0.0805 e. The molecule has 3 nitrogen and oxygen atoms in total. The molecule has 19 heavy (non-hydrogen) atoms. The van der Waals surface area contributed by atoms with E-state index in [0.717, 1.165) is 11.3 Å². The van der Waals surface area contributed by atoms with Crippen LogP contribution in [0.3, 0.4) is 0 Å². The summed E-state index contributed by atoms with van der Waals surface area (Å²) in [4.78, 5) is 0. The van der Waals surface area contributed by atoms with Crippen LogP contribution >= 0.6 is 0 Å². The van der Waals surface area contributed by atoms with Gasteiger partial charge in [-0.15, -0.1) is 0 Å². The Morgan fingerprint density at radius 1 is 1.21 bits per heavy atom. The lowest BCUT2D eigenvalue weighted by atomic mass is 9.99. The molecule has 0 saturated carbocycles. The van der Waals surface area contributed by atoms with E-state index < -0.39 is 6.10 Å². The van der Waals surface area contributed by atoms with Crippen LogP contribution < -0.4 is 5.32 Å². The zero-order valence-corrected chi connectivity index (χ0v) is 10.7. The second-order valence-electron chi connectivity index (χ2n) is 4.51. The molecule has 100 valence electrons. The number of para-hydroxylation sites is 1. The molecule has 0 fully saturated rings. The fraction of sp³-hybridized carbons (Fsp3) is 0.250. The van der Waals surface area contributed by atoms with Gasteiger partial charge >= 0.3 is 0 Å². The van der Waals surface area contributed by atoms with Crippen LogP contribution in [0, 0.1) is 0 Å². The molecule has 1 aromatic carbocycles. The average Bonchev–Trinajstić information content (AvgIpc) is 2.47. The SMILES string of the molecule is OCC(O)CC=C1C=CC=CC1Nc1ccccc1. The van der Waals surface area contributed by atoms with Gasteiger partial charge in [0.25, 0.3) is 0 Å².